The predicted octanol–water partition coefficient (Wildman–Crippen LogP) is 5.22. The molecule has 3 nitrogen and oxygen atoms in total. The summed E-state index contributed by atoms with van der Waals surface area (Å²) in [6.45, 7) is 11.6. The molecule has 3 rings (SSSR count). The van der Waals surface area contributed by atoms with Crippen molar-refractivity contribution in [2.24, 2.45) is 4.99 Å². The second-order valence-electron chi connectivity index (χ2n) is 8.16. The molecule has 0 radical (unpaired) electrons. The van der Waals surface area contributed by atoms with Crippen molar-refractivity contribution >= 4 is 5.90 Å². The van der Waals surface area contributed by atoms with Gasteiger partial charge in [-0.1, -0.05) is 42.5 Å². The molecule has 0 amide bonds. The number of rotatable bonds is 4. The number of aliphatic imine (C=N–C) groups is 1. The van der Waals surface area contributed by atoms with Crippen molar-refractivity contribution in [3.8, 4) is 11.1 Å². The molecule has 0 unspecified atom stereocenters. The summed E-state index contributed by atoms with van der Waals surface area (Å²) >= 11 is 0. The van der Waals surface area contributed by atoms with Gasteiger partial charge in [-0.05, 0) is 57.4 Å². The van der Waals surface area contributed by atoms with E-state index < -0.39 is 0 Å². The third-order valence-electron chi connectivity index (χ3n) is 4.06. The van der Waals surface area contributed by atoms with Crippen LogP contribution in [0.25, 0.3) is 11.1 Å². The molecule has 3 heteroatoms. The summed E-state index contributed by atoms with van der Waals surface area (Å²) in [6, 6.07) is 16.8. The number of benzene rings is 2. The minimum atomic E-state index is -0.156. The summed E-state index contributed by atoms with van der Waals surface area (Å²) in [6.07, 6.45) is 0. The van der Waals surface area contributed by atoms with Gasteiger partial charge < -0.3 is 9.47 Å². The van der Waals surface area contributed by atoms with Crippen molar-refractivity contribution in [2.75, 3.05) is 6.61 Å². The van der Waals surface area contributed by atoms with E-state index in [1.807, 2.05) is 6.07 Å². The quantitative estimate of drug-likeness (QED) is 0.765. The fourth-order valence-electron chi connectivity index (χ4n) is 2.72. The maximum Gasteiger partial charge on any atom is 0.217 e. The normalized spacial score (nSPS) is 16.4. The summed E-state index contributed by atoms with van der Waals surface area (Å²) in [5.74, 6) is 0.737. The lowest BCUT2D eigenvalue weighted by Gasteiger charge is -2.19. The topological polar surface area (TPSA) is 30.8 Å². The minimum Gasteiger partial charge on any atom is -0.475 e. The van der Waals surface area contributed by atoms with Crippen LogP contribution in [0.5, 0.6) is 0 Å². The standard InChI is InChI=1S/C22H27NO2/c1-21(2,3)25-14-16-10-12-17(13-11-16)18-8-6-7-9-19(18)20-23-22(4,5)15-24-20/h6-13H,14-15H2,1-5H3. The largest absolute Gasteiger partial charge is 0.475 e. The molecule has 0 fully saturated rings. The second-order valence-corrected chi connectivity index (χ2v) is 8.16. The van der Waals surface area contributed by atoms with E-state index in [-0.39, 0.29) is 11.1 Å². The fourth-order valence-corrected chi connectivity index (χ4v) is 2.72. The molecule has 0 aromatic heterocycles. The van der Waals surface area contributed by atoms with Crippen LogP contribution in [0.15, 0.2) is 53.5 Å². The van der Waals surface area contributed by atoms with E-state index >= 15 is 0 Å². The van der Waals surface area contributed by atoms with Gasteiger partial charge in [0.1, 0.15) is 6.61 Å². The number of hydrogen-bond acceptors (Lipinski definition) is 3. The predicted molar refractivity (Wildman–Crippen MR) is 103 cm³/mol. The maximum atomic E-state index is 5.85. The lowest BCUT2D eigenvalue weighted by molar-refractivity contribution is -0.0149. The Balaban J connectivity index is 1.86. The highest BCUT2D eigenvalue weighted by Crippen LogP contribution is 2.29. The van der Waals surface area contributed by atoms with Crippen LogP contribution in [-0.2, 0) is 16.1 Å². The van der Waals surface area contributed by atoms with Crippen molar-refractivity contribution in [1.82, 2.24) is 0 Å². The van der Waals surface area contributed by atoms with Gasteiger partial charge in [-0.3, -0.25) is 0 Å². The van der Waals surface area contributed by atoms with Gasteiger partial charge in [0.2, 0.25) is 5.90 Å². The van der Waals surface area contributed by atoms with E-state index in [4.69, 9.17) is 14.5 Å². The smallest absolute Gasteiger partial charge is 0.217 e. The first kappa shape index (κ1) is 17.7. The molecule has 132 valence electrons. The fraction of sp³-hybridized carbons (Fsp3) is 0.409. The lowest BCUT2D eigenvalue weighted by Crippen LogP contribution is -2.18. The van der Waals surface area contributed by atoms with Crippen molar-refractivity contribution < 1.29 is 9.47 Å². The molecule has 0 spiro atoms. The van der Waals surface area contributed by atoms with E-state index in [1.54, 1.807) is 0 Å². The van der Waals surface area contributed by atoms with Gasteiger partial charge in [0.25, 0.3) is 0 Å². The van der Waals surface area contributed by atoms with Crippen molar-refractivity contribution in [2.45, 2.75) is 52.4 Å². The van der Waals surface area contributed by atoms with Crippen LogP contribution in [-0.4, -0.2) is 23.6 Å². The minimum absolute atomic E-state index is 0.129. The van der Waals surface area contributed by atoms with E-state index in [9.17, 15) is 0 Å². The molecule has 0 N–H and O–H groups in total. The zero-order valence-electron chi connectivity index (χ0n) is 15.8. The van der Waals surface area contributed by atoms with Crippen LogP contribution >= 0.6 is 0 Å². The Hall–Kier alpha value is -2.13. The van der Waals surface area contributed by atoms with Crippen LogP contribution in [0.3, 0.4) is 0 Å². The van der Waals surface area contributed by atoms with Gasteiger partial charge in [-0.15, -0.1) is 0 Å². The first-order valence-corrected chi connectivity index (χ1v) is 8.79. The molecule has 0 aliphatic carbocycles. The molecule has 1 aliphatic heterocycles. The zero-order chi connectivity index (χ0) is 18.1. The Morgan fingerprint density at radius 1 is 1.00 bits per heavy atom. The Kier molecular flexibility index (Phi) is 4.70. The molecule has 2 aromatic rings. The van der Waals surface area contributed by atoms with Gasteiger partial charge in [0.05, 0.1) is 17.7 Å². The Morgan fingerprint density at radius 3 is 2.20 bits per heavy atom. The van der Waals surface area contributed by atoms with Crippen molar-refractivity contribution in [3.63, 3.8) is 0 Å². The van der Waals surface area contributed by atoms with Gasteiger partial charge >= 0.3 is 0 Å². The molecular formula is C22H27NO2. The highest BCUT2D eigenvalue weighted by Gasteiger charge is 2.28. The first-order valence-electron chi connectivity index (χ1n) is 8.79. The molecule has 1 heterocycles. The van der Waals surface area contributed by atoms with Crippen molar-refractivity contribution in [3.05, 3.63) is 59.7 Å². The third kappa shape index (κ3) is 4.49. The summed E-state index contributed by atoms with van der Waals surface area (Å²) < 4.78 is 11.7. The summed E-state index contributed by atoms with van der Waals surface area (Å²) in [5, 5.41) is 0. The molecule has 0 atom stereocenters. The molecular weight excluding hydrogens is 310 g/mol. The number of nitrogens with zero attached hydrogens (tertiary/aromatic N) is 1. The van der Waals surface area contributed by atoms with Gasteiger partial charge in [-0.25, -0.2) is 4.99 Å². The van der Waals surface area contributed by atoms with Crippen LogP contribution in [0.2, 0.25) is 0 Å². The monoisotopic (exact) mass is 337 g/mol. The third-order valence-corrected chi connectivity index (χ3v) is 4.06. The molecule has 0 saturated heterocycles. The Bertz CT molecular complexity index is 767. The zero-order valence-corrected chi connectivity index (χ0v) is 15.8. The first-order chi connectivity index (χ1) is 11.7. The van der Waals surface area contributed by atoms with Crippen LogP contribution < -0.4 is 0 Å². The van der Waals surface area contributed by atoms with Gasteiger partial charge in [0, 0.05) is 5.56 Å². The molecule has 25 heavy (non-hydrogen) atoms. The molecule has 1 aliphatic rings. The molecule has 2 aromatic carbocycles. The maximum absolute atomic E-state index is 5.85. The van der Waals surface area contributed by atoms with Crippen LogP contribution in [0.1, 0.15) is 45.7 Å². The Morgan fingerprint density at radius 2 is 1.64 bits per heavy atom. The molecule has 0 bridgehead atoms. The van der Waals surface area contributed by atoms with Crippen molar-refractivity contribution in [1.29, 1.82) is 0 Å². The van der Waals surface area contributed by atoms with E-state index in [0.29, 0.717) is 13.2 Å². The number of ether oxygens (including phenoxy) is 2. The highest BCUT2D eigenvalue weighted by atomic mass is 16.5. The van der Waals surface area contributed by atoms with E-state index in [1.165, 1.54) is 5.56 Å². The summed E-state index contributed by atoms with van der Waals surface area (Å²) in [4.78, 5) is 4.73. The lowest BCUT2D eigenvalue weighted by atomic mass is 9.98. The van der Waals surface area contributed by atoms with Crippen LogP contribution in [0.4, 0.5) is 0 Å². The van der Waals surface area contributed by atoms with E-state index in [0.717, 1.165) is 22.6 Å². The average molecular weight is 337 g/mol. The van der Waals surface area contributed by atoms with Gasteiger partial charge in [-0.2, -0.15) is 0 Å². The Labute approximate surface area is 150 Å². The summed E-state index contributed by atoms with van der Waals surface area (Å²) in [5.41, 5.74) is 4.24. The second kappa shape index (κ2) is 6.64. The highest BCUT2D eigenvalue weighted by molar-refractivity contribution is 6.01. The number of hydrogen-bond donors (Lipinski definition) is 0. The average Bonchev–Trinajstić information content (AvgIpc) is 2.93. The van der Waals surface area contributed by atoms with Gasteiger partial charge in [0.15, 0.2) is 0 Å². The SMILES string of the molecule is CC1(C)COC(c2ccccc2-c2ccc(COC(C)(C)C)cc2)=N1. The molecule has 0 saturated carbocycles. The van der Waals surface area contributed by atoms with Crippen LogP contribution in [0, 0.1) is 0 Å². The van der Waals surface area contributed by atoms with E-state index in [2.05, 4.69) is 77.1 Å². The summed E-state index contributed by atoms with van der Waals surface area (Å²) in [7, 11) is 0.